The van der Waals surface area contributed by atoms with Gasteiger partial charge in [0.15, 0.2) is 0 Å². The fraction of sp³-hybridized carbons (Fsp3) is 0.474. The number of nitrogens with zero attached hydrogens (tertiary/aromatic N) is 2. The number of aromatic amines is 1. The Morgan fingerprint density at radius 2 is 2.08 bits per heavy atom. The molecule has 6 nitrogen and oxygen atoms in total. The minimum absolute atomic E-state index is 0.0000565. The SMILES string of the molecule is CC(C)c1cc(C(=O)NC[C@@H](c2ccccc2Cl)N2CCOCC2)n[nH]1. The lowest BCUT2D eigenvalue weighted by Gasteiger charge is -2.35. The van der Waals surface area contributed by atoms with Gasteiger partial charge in [-0.15, -0.1) is 0 Å². The summed E-state index contributed by atoms with van der Waals surface area (Å²) < 4.78 is 5.46. The molecule has 0 spiro atoms. The largest absolute Gasteiger partial charge is 0.379 e. The highest BCUT2D eigenvalue weighted by Gasteiger charge is 2.25. The molecule has 1 amide bonds. The summed E-state index contributed by atoms with van der Waals surface area (Å²) in [5.74, 6) is 0.117. The van der Waals surface area contributed by atoms with E-state index in [-0.39, 0.29) is 11.9 Å². The molecule has 1 aliphatic rings. The maximum absolute atomic E-state index is 12.5. The standard InChI is InChI=1S/C19H25ClN4O2/c1-13(2)16-11-17(23-22-16)19(25)21-12-18(24-7-9-26-10-8-24)14-5-3-4-6-15(14)20/h3-6,11,13,18H,7-10,12H2,1-2H3,(H,21,25)(H,22,23)/t18-/m0/s1. The first-order valence-electron chi connectivity index (χ1n) is 8.96. The van der Waals surface area contributed by atoms with Gasteiger partial charge in [0.2, 0.25) is 0 Å². The predicted molar refractivity (Wildman–Crippen MR) is 102 cm³/mol. The second-order valence-corrected chi connectivity index (χ2v) is 7.17. The number of ether oxygens (including phenoxy) is 1. The maximum atomic E-state index is 12.5. The zero-order valence-electron chi connectivity index (χ0n) is 15.2. The van der Waals surface area contributed by atoms with Gasteiger partial charge in [0.25, 0.3) is 5.91 Å². The average molecular weight is 377 g/mol. The zero-order chi connectivity index (χ0) is 18.5. The Balaban J connectivity index is 1.73. The van der Waals surface area contributed by atoms with Gasteiger partial charge in [-0.05, 0) is 23.6 Å². The molecule has 1 saturated heterocycles. The van der Waals surface area contributed by atoms with Crippen LogP contribution in [0.25, 0.3) is 0 Å². The number of hydrogen-bond donors (Lipinski definition) is 2. The van der Waals surface area contributed by atoms with Crippen LogP contribution in [-0.4, -0.2) is 53.9 Å². The quantitative estimate of drug-likeness (QED) is 0.813. The molecule has 1 aliphatic heterocycles. The van der Waals surface area contributed by atoms with Gasteiger partial charge in [0.05, 0.1) is 19.3 Å². The van der Waals surface area contributed by atoms with Crippen molar-refractivity contribution in [3.05, 3.63) is 52.3 Å². The summed E-state index contributed by atoms with van der Waals surface area (Å²) in [6.45, 7) is 7.57. The predicted octanol–water partition coefficient (Wildman–Crippen LogP) is 2.99. The molecule has 0 aliphatic carbocycles. The van der Waals surface area contributed by atoms with E-state index in [1.165, 1.54) is 0 Å². The number of aromatic nitrogens is 2. The second-order valence-electron chi connectivity index (χ2n) is 6.76. The lowest BCUT2D eigenvalue weighted by molar-refractivity contribution is 0.0162. The number of hydrogen-bond acceptors (Lipinski definition) is 4. The van der Waals surface area contributed by atoms with Crippen molar-refractivity contribution in [1.29, 1.82) is 0 Å². The van der Waals surface area contributed by atoms with Crippen molar-refractivity contribution >= 4 is 17.5 Å². The van der Waals surface area contributed by atoms with Gasteiger partial charge in [0, 0.05) is 30.4 Å². The van der Waals surface area contributed by atoms with E-state index >= 15 is 0 Å². The van der Waals surface area contributed by atoms with Crippen molar-refractivity contribution in [2.75, 3.05) is 32.8 Å². The Kier molecular flexibility index (Phi) is 6.29. The molecule has 0 unspecified atom stereocenters. The number of benzene rings is 1. The van der Waals surface area contributed by atoms with E-state index < -0.39 is 0 Å². The van der Waals surface area contributed by atoms with Gasteiger partial charge in [-0.1, -0.05) is 43.6 Å². The summed E-state index contributed by atoms with van der Waals surface area (Å²) >= 11 is 6.42. The van der Waals surface area contributed by atoms with Crippen LogP contribution in [0.5, 0.6) is 0 Å². The van der Waals surface area contributed by atoms with Gasteiger partial charge < -0.3 is 10.1 Å². The van der Waals surface area contributed by atoms with E-state index in [4.69, 9.17) is 16.3 Å². The van der Waals surface area contributed by atoms with Crippen LogP contribution in [0.3, 0.4) is 0 Å². The number of amides is 1. The Hall–Kier alpha value is -1.89. The number of nitrogens with one attached hydrogen (secondary N) is 2. The molecule has 7 heteroatoms. The van der Waals surface area contributed by atoms with Crippen LogP contribution in [0.1, 0.15) is 47.6 Å². The van der Waals surface area contributed by atoms with Gasteiger partial charge in [0.1, 0.15) is 5.69 Å². The average Bonchev–Trinajstić information content (AvgIpc) is 3.15. The molecule has 26 heavy (non-hydrogen) atoms. The highest BCUT2D eigenvalue weighted by atomic mass is 35.5. The number of halogens is 1. The van der Waals surface area contributed by atoms with E-state index in [9.17, 15) is 4.79 Å². The molecule has 3 rings (SSSR count). The first kappa shape index (κ1) is 18.9. The van der Waals surface area contributed by atoms with Gasteiger partial charge >= 0.3 is 0 Å². The smallest absolute Gasteiger partial charge is 0.271 e. The first-order valence-corrected chi connectivity index (χ1v) is 9.33. The molecule has 1 atom stereocenters. The van der Waals surface area contributed by atoms with E-state index in [1.807, 2.05) is 24.3 Å². The minimum atomic E-state index is -0.182. The Labute approximate surface area is 158 Å². The fourth-order valence-electron chi connectivity index (χ4n) is 3.10. The minimum Gasteiger partial charge on any atom is -0.379 e. The molecule has 1 aromatic carbocycles. The molecule has 1 aromatic heterocycles. The maximum Gasteiger partial charge on any atom is 0.271 e. The third-order valence-corrected chi connectivity index (χ3v) is 5.00. The molecule has 1 fully saturated rings. The third-order valence-electron chi connectivity index (χ3n) is 4.66. The molecule has 0 saturated carbocycles. The molecular weight excluding hydrogens is 352 g/mol. The van der Waals surface area contributed by atoms with Crippen molar-refractivity contribution in [3.63, 3.8) is 0 Å². The topological polar surface area (TPSA) is 70.2 Å². The van der Waals surface area contributed by atoms with Crippen molar-refractivity contribution in [2.24, 2.45) is 0 Å². The summed E-state index contributed by atoms with van der Waals surface area (Å²) in [5.41, 5.74) is 2.38. The lowest BCUT2D eigenvalue weighted by Crippen LogP contribution is -2.44. The van der Waals surface area contributed by atoms with E-state index in [1.54, 1.807) is 6.07 Å². The molecular formula is C19H25ClN4O2. The third kappa shape index (κ3) is 4.44. The van der Waals surface area contributed by atoms with Gasteiger partial charge in [-0.3, -0.25) is 14.8 Å². The van der Waals surface area contributed by atoms with Crippen molar-refractivity contribution in [2.45, 2.75) is 25.8 Å². The van der Waals surface area contributed by atoms with Crippen LogP contribution in [0.4, 0.5) is 0 Å². The molecule has 2 heterocycles. The number of carbonyl (C=O) groups is 1. The van der Waals surface area contributed by atoms with Gasteiger partial charge in [-0.25, -0.2) is 0 Å². The van der Waals surface area contributed by atoms with Gasteiger partial charge in [-0.2, -0.15) is 5.10 Å². The van der Waals surface area contributed by atoms with Crippen LogP contribution in [-0.2, 0) is 4.74 Å². The number of carbonyl (C=O) groups excluding carboxylic acids is 1. The summed E-state index contributed by atoms with van der Waals surface area (Å²) in [6.07, 6.45) is 0. The highest BCUT2D eigenvalue weighted by Crippen LogP contribution is 2.27. The Bertz CT molecular complexity index is 741. The van der Waals surface area contributed by atoms with Crippen LogP contribution in [0, 0.1) is 0 Å². The summed E-state index contributed by atoms with van der Waals surface area (Å²) in [4.78, 5) is 14.8. The zero-order valence-corrected chi connectivity index (χ0v) is 15.9. The van der Waals surface area contributed by atoms with Crippen LogP contribution in [0.2, 0.25) is 5.02 Å². The van der Waals surface area contributed by atoms with Crippen molar-refractivity contribution in [1.82, 2.24) is 20.4 Å². The Morgan fingerprint density at radius 1 is 1.35 bits per heavy atom. The highest BCUT2D eigenvalue weighted by molar-refractivity contribution is 6.31. The summed E-state index contributed by atoms with van der Waals surface area (Å²) in [7, 11) is 0. The van der Waals surface area contributed by atoms with Crippen LogP contribution < -0.4 is 5.32 Å². The lowest BCUT2D eigenvalue weighted by atomic mass is 10.0. The van der Waals surface area contributed by atoms with E-state index in [0.717, 1.165) is 24.3 Å². The normalized spacial score (nSPS) is 16.6. The summed E-state index contributed by atoms with van der Waals surface area (Å²) in [5, 5.41) is 10.8. The van der Waals surface area contributed by atoms with Crippen LogP contribution >= 0.6 is 11.6 Å². The molecule has 140 valence electrons. The number of rotatable bonds is 6. The van der Waals surface area contributed by atoms with Crippen LogP contribution in [0.15, 0.2) is 30.3 Å². The van der Waals surface area contributed by atoms with E-state index in [2.05, 4.69) is 34.3 Å². The van der Waals surface area contributed by atoms with Crippen molar-refractivity contribution in [3.8, 4) is 0 Å². The molecule has 0 bridgehead atoms. The second kappa shape index (κ2) is 8.66. The van der Waals surface area contributed by atoms with Crippen molar-refractivity contribution < 1.29 is 9.53 Å². The summed E-state index contributed by atoms with van der Waals surface area (Å²) in [6, 6.07) is 9.59. The number of morpholine rings is 1. The molecule has 0 radical (unpaired) electrons. The molecule has 2 aromatic rings. The molecule has 2 N–H and O–H groups in total. The Morgan fingerprint density at radius 3 is 2.73 bits per heavy atom. The number of H-pyrrole nitrogens is 1. The fourth-order valence-corrected chi connectivity index (χ4v) is 3.36. The first-order chi connectivity index (χ1) is 12.6. The monoisotopic (exact) mass is 376 g/mol. The van der Waals surface area contributed by atoms with E-state index in [0.29, 0.717) is 36.4 Å².